The van der Waals surface area contributed by atoms with Gasteiger partial charge in [-0.2, -0.15) is 0 Å². The molecule has 8 heteroatoms. The van der Waals surface area contributed by atoms with E-state index in [1.54, 1.807) is 18.2 Å². The molecule has 0 radical (unpaired) electrons. The Bertz CT molecular complexity index is 716. The van der Waals surface area contributed by atoms with Crippen LogP contribution in [0.3, 0.4) is 0 Å². The maximum Gasteiger partial charge on any atom is 0.325 e. The lowest BCUT2D eigenvalue weighted by Gasteiger charge is -2.13. The Morgan fingerprint density at radius 2 is 2.04 bits per heavy atom. The van der Waals surface area contributed by atoms with Crippen LogP contribution in [0.25, 0.3) is 0 Å². The molecular weight excluding hydrogens is 314 g/mol. The van der Waals surface area contributed by atoms with Crippen molar-refractivity contribution in [2.24, 2.45) is 0 Å². The van der Waals surface area contributed by atoms with Gasteiger partial charge < -0.3 is 20.1 Å². The summed E-state index contributed by atoms with van der Waals surface area (Å²) in [5, 5.41) is 5.39. The van der Waals surface area contributed by atoms with Crippen LogP contribution in [0.2, 0.25) is 0 Å². The van der Waals surface area contributed by atoms with Crippen LogP contribution < -0.4 is 20.1 Å². The van der Waals surface area contributed by atoms with E-state index in [2.05, 4.69) is 10.6 Å². The van der Waals surface area contributed by atoms with Crippen LogP contribution in [0.1, 0.15) is 24.8 Å². The zero-order chi connectivity index (χ0) is 16.7. The van der Waals surface area contributed by atoms with Crippen LogP contribution >= 0.6 is 0 Å². The van der Waals surface area contributed by atoms with Crippen molar-refractivity contribution in [1.82, 2.24) is 15.5 Å². The summed E-state index contributed by atoms with van der Waals surface area (Å²) in [7, 11) is 0. The largest absolute Gasteiger partial charge is 0.454 e. The summed E-state index contributed by atoms with van der Waals surface area (Å²) in [5.74, 6) is 0.648. The number of benzene rings is 1. The van der Waals surface area contributed by atoms with Gasteiger partial charge in [-0.25, -0.2) is 4.79 Å². The van der Waals surface area contributed by atoms with Gasteiger partial charge in [-0.15, -0.1) is 0 Å². The molecule has 1 aromatic carbocycles. The molecule has 0 unspecified atom stereocenters. The van der Waals surface area contributed by atoms with E-state index in [1.165, 1.54) is 0 Å². The molecule has 8 nitrogen and oxygen atoms in total. The van der Waals surface area contributed by atoms with Crippen molar-refractivity contribution >= 4 is 17.8 Å². The molecule has 126 valence electrons. The third kappa shape index (κ3) is 2.86. The van der Waals surface area contributed by atoms with Gasteiger partial charge in [-0.05, 0) is 30.5 Å². The minimum absolute atomic E-state index is 0.0291. The second-order valence-corrected chi connectivity index (χ2v) is 6.16. The Morgan fingerprint density at radius 3 is 2.83 bits per heavy atom. The van der Waals surface area contributed by atoms with E-state index in [9.17, 15) is 14.4 Å². The number of urea groups is 1. The second-order valence-electron chi connectivity index (χ2n) is 6.16. The van der Waals surface area contributed by atoms with E-state index in [-0.39, 0.29) is 37.6 Å². The molecule has 24 heavy (non-hydrogen) atoms. The molecule has 2 aliphatic heterocycles. The van der Waals surface area contributed by atoms with E-state index in [4.69, 9.17) is 9.47 Å². The van der Waals surface area contributed by atoms with Gasteiger partial charge in [0.2, 0.25) is 12.7 Å². The Hall–Kier alpha value is -2.77. The summed E-state index contributed by atoms with van der Waals surface area (Å²) >= 11 is 0. The number of rotatable bonds is 5. The number of hydrogen-bond acceptors (Lipinski definition) is 5. The first-order valence-electron chi connectivity index (χ1n) is 7.90. The smallest absolute Gasteiger partial charge is 0.325 e. The number of nitrogens with one attached hydrogen (secondary N) is 2. The van der Waals surface area contributed by atoms with E-state index >= 15 is 0 Å². The monoisotopic (exact) mass is 331 g/mol. The topological polar surface area (TPSA) is 97.0 Å². The predicted octanol–water partition coefficient (Wildman–Crippen LogP) is 0.504. The lowest BCUT2D eigenvalue weighted by Crippen LogP contribution is -2.37. The first kappa shape index (κ1) is 14.8. The minimum Gasteiger partial charge on any atom is -0.454 e. The van der Waals surface area contributed by atoms with Gasteiger partial charge in [0, 0.05) is 6.04 Å². The lowest BCUT2D eigenvalue weighted by atomic mass is 10.1. The lowest BCUT2D eigenvalue weighted by molar-refractivity contribution is -0.131. The number of carbonyl (C=O) groups is 3. The molecule has 1 aliphatic carbocycles. The van der Waals surface area contributed by atoms with E-state index < -0.39 is 12.1 Å². The van der Waals surface area contributed by atoms with Crippen molar-refractivity contribution in [2.45, 2.75) is 37.9 Å². The molecule has 4 rings (SSSR count). The summed E-state index contributed by atoms with van der Waals surface area (Å²) in [6.45, 7) is 0.294. The molecule has 3 aliphatic rings. The third-order valence-corrected chi connectivity index (χ3v) is 4.22. The van der Waals surface area contributed by atoms with Gasteiger partial charge in [-0.1, -0.05) is 6.07 Å². The average Bonchev–Trinajstić information content (AvgIpc) is 3.17. The minimum atomic E-state index is -0.801. The van der Waals surface area contributed by atoms with E-state index in [0.717, 1.165) is 23.3 Å². The van der Waals surface area contributed by atoms with Crippen LogP contribution in [0, 0.1) is 0 Å². The Morgan fingerprint density at radius 1 is 1.25 bits per heavy atom. The number of ether oxygens (including phenoxy) is 2. The molecule has 0 bridgehead atoms. The molecule has 2 fully saturated rings. The van der Waals surface area contributed by atoms with Crippen LogP contribution in [0.5, 0.6) is 11.5 Å². The number of imide groups is 1. The maximum absolute atomic E-state index is 12.4. The molecule has 2 heterocycles. The van der Waals surface area contributed by atoms with Gasteiger partial charge in [0.25, 0.3) is 5.91 Å². The average molecular weight is 331 g/mol. The molecular formula is C16H17N3O5. The standard InChI is InChI=1S/C16H17N3O5/c20-14(17-10-2-3-10)6-11-15(21)19(16(22)18-11)7-9-1-4-12-13(5-9)24-8-23-12/h1,4-5,10-11H,2-3,6-8H2,(H,17,20)(H,18,22)/t11-/m1/s1. The fourth-order valence-electron chi connectivity index (χ4n) is 2.79. The fraction of sp³-hybridized carbons (Fsp3) is 0.438. The van der Waals surface area contributed by atoms with Crippen LogP contribution in [0.4, 0.5) is 4.79 Å². The number of fused-ring (bicyclic) bond motifs is 1. The van der Waals surface area contributed by atoms with Gasteiger partial charge in [0.1, 0.15) is 6.04 Å². The SMILES string of the molecule is O=C(C[C@H]1NC(=O)N(Cc2ccc3c(c2)OCO3)C1=O)NC1CC1. The highest BCUT2D eigenvalue weighted by Gasteiger charge is 2.39. The van der Waals surface area contributed by atoms with Crippen molar-refractivity contribution in [3.8, 4) is 11.5 Å². The van der Waals surface area contributed by atoms with Gasteiger partial charge >= 0.3 is 6.03 Å². The highest BCUT2D eigenvalue weighted by atomic mass is 16.7. The normalized spacial score (nSPS) is 21.8. The predicted molar refractivity (Wildman–Crippen MR) is 81.2 cm³/mol. The highest BCUT2D eigenvalue weighted by molar-refractivity contribution is 6.05. The number of nitrogens with zero attached hydrogens (tertiary/aromatic N) is 1. The molecule has 1 atom stereocenters. The summed E-state index contributed by atoms with van der Waals surface area (Å²) in [6.07, 6.45) is 1.93. The van der Waals surface area contributed by atoms with Gasteiger partial charge in [0.15, 0.2) is 11.5 Å². The summed E-state index contributed by atoms with van der Waals surface area (Å²) in [6, 6.07) is 4.22. The van der Waals surface area contributed by atoms with Crippen molar-refractivity contribution in [3.05, 3.63) is 23.8 Å². The molecule has 2 N–H and O–H groups in total. The second kappa shape index (κ2) is 5.70. The van der Waals surface area contributed by atoms with Crippen molar-refractivity contribution in [2.75, 3.05) is 6.79 Å². The van der Waals surface area contributed by atoms with Crippen LogP contribution in [-0.2, 0) is 16.1 Å². The highest BCUT2D eigenvalue weighted by Crippen LogP contribution is 2.33. The van der Waals surface area contributed by atoms with E-state index in [0.29, 0.717) is 11.5 Å². The molecule has 1 aromatic rings. The van der Waals surface area contributed by atoms with E-state index in [1.807, 2.05) is 0 Å². The Labute approximate surface area is 138 Å². The summed E-state index contributed by atoms with van der Waals surface area (Å²) in [5.41, 5.74) is 0.755. The number of amides is 4. The Balaban J connectivity index is 1.40. The molecule has 4 amide bonds. The van der Waals surface area contributed by atoms with Crippen molar-refractivity contribution < 1.29 is 23.9 Å². The van der Waals surface area contributed by atoms with Crippen LogP contribution in [0.15, 0.2) is 18.2 Å². The Kier molecular flexibility index (Phi) is 3.51. The maximum atomic E-state index is 12.4. The first-order chi connectivity index (χ1) is 11.6. The van der Waals surface area contributed by atoms with Gasteiger partial charge in [-0.3, -0.25) is 14.5 Å². The first-order valence-corrected chi connectivity index (χ1v) is 7.90. The molecule has 0 spiro atoms. The van der Waals surface area contributed by atoms with Gasteiger partial charge in [0.05, 0.1) is 13.0 Å². The third-order valence-electron chi connectivity index (χ3n) is 4.22. The quantitative estimate of drug-likeness (QED) is 0.766. The van der Waals surface area contributed by atoms with Crippen molar-refractivity contribution in [3.63, 3.8) is 0 Å². The molecule has 1 saturated heterocycles. The fourth-order valence-corrected chi connectivity index (χ4v) is 2.79. The zero-order valence-electron chi connectivity index (χ0n) is 12.9. The zero-order valence-corrected chi connectivity index (χ0v) is 12.9. The number of carbonyl (C=O) groups excluding carboxylic acids is 3. The molecule has 0 aromatic heterocycles. The summed E-state index contributed by atoms with van der Waals surface area (Å²) < 4.78 is 10.5. The van der Waals surface area contributed by atoms with Crippen molar-refractivity contribution in [1.29, 1.82) is 0 Å². The summed E-state index contributed by atoms with van der Waals surface area (Å²) in [4.78, 5) is 37.4. The van der Waals surface area contributed by atoms with Crippen LogP contribution in [-0.4, -0.2) is 41.6 Å². The molecule has 1 saturated carbocycles. The number of hydrogen-bond donors (Lipinski definition) is 2.